The standard InChI is InChI=1S/C18H28N4O4/c1-5-25-17(23)15-11-19-7-8-20-12-16(18(24)26-6-2)14(4)22-10-9-21-13(15)3/h11-12,21-22H,5-10H2,1-4H3/b15-13+,16-14+,19-11?,20-12?. The predicted molar refractivity (Wildman–Crippen MR) is 101 cm³/mol. The van der Waals surface area contributed by atoms with E-state index < -0.39 is 11.9 Å². The van der Waals surface area contributed by atoms with Gasteiger partial charge in [0.15, 0.2) is 0 Å². The third kappa shape index (κ3) is 7.08. The number of aliphatic imine (C=N–C) groups is 2. The quantitative estimate of drug-likeness (QED) is 0.722. The molecule has 8 heteroatoms. The van der Waals surface area contributed by atoms with Crippen LogP contribution in [0.3, 0.4) is 0 Å². The number of carbonyl (C=O) groups excluding carboxylic acids is 2. The minimum Gasteiger partial charge on any atom is -0.462 e. The van der Waals surface area contributed by atoms with Crippen LogP contribution in [-0.2, 0) is 19.1 Å². The highest BCUT2D eigenvalue weighted by atomic mass is 16.5. The van der Waals surface area contributed by atoms with Crippen LogP contribution in [0.2, 0.25) is 0 Å². The Bertz CT molecular complexity index is 567. The van der Waals surface area contributed by atoms with Crippen molar-refractivity contribution in [2.45, 2.75) is 27.7 Å². The lowest BCUT2D eigenvalue weighted by Gasteiger charge is -2.14. The molecule has 0 radical (unpaired) electrons. The van der Waals surface area contributed by atoms with Gasteiger partial charge in [0.25, 0.3) is 0 Å². The molecule has 0 fully saturated rings. The fourth-order valence-corrected chi connectivity index (χ4v) is 2.14. The smallest absolute Gasteiger partial charge is 0.341 e. The topological polar surface area (TPSA) is 101 Å². The predicted octanol–water partition coefficient (Wildman–Crippen LogP) is 0.995. The third-order valence-corrected chi connectivity index (χ3v) is 3.50. The molecule has 0 bridgehead atoms. The minimum absolute atomic E-state index is 0.302. The number of rotatable bonds is 4. The number of hydrogen-bond acceptors (Lipinski definition) is 8. The van der Waals surface area contributed by atoms with Crippen LogP contribution < -0.4 is 10.6 Å². The summed E-state index contributed by atoms with van der Waals surface area (Å²) in [4.78, 5) is 32.6. The van der Waals surface area contributed by atoms with Crippen LogP contribution in [0.15, 0.2) is 32.5 Å². The molecule has 26 heavy (non-hydrogen) atoms. The van der Waals surface area contributed by atoms with Crippen LogP contribution in [0.1, 0.15) is 27.7 Å². The van der Waals surface area contributed by atoms with Crippen molar-refractivity contribution in [2.24, 2.45) is 9.98 Å². The molecule has 0 spiro atoms. The number of ether oxygens (including phenoxy) is 2. The Balaban J connectivity index is 2.97. The molecule has 0 aromatic heterocycles. The second kappa shape index (κ2) is 11.8. The summed E-state index contributed by atoms with van der Waals surface area (Å²) in [5.74, 6) is -0.823. The van der Waals surface area contributed by atoms with E-state index in [1.54, 1.807) is 27.7 Å². The molecule has 0 aliphatic carbocycles. The van der Waals surface area contributed by atoms with E-state index in [0.717, 1.165) is 0 Å². The molecule has 1 rings (SSSR count). The third-order valence-electron chi connectivity index (χ3n) is 3.50. The number of nitrogens with zero attached hydrogens (tertiary/aromatic N) is 2. The SMILES string of the molecule is CCOC(=O)/C1=C(\C)NCCN/C(C)=C(/C(=O)OCC)C=NCCN=C1. The van der Waals surface area contributed by atoms with Crippen LogP contribution in [0.4, 0.5) is 0 Å². The van der Waals surface area contributed by atoms with Gasteiger partial charge >= 0.3 is 11.9 Å². The van der Waals surface area contributed by atoms with Crippen molar-refractivity contribution in [1.29, 1.82) is 0 Å². The van der Waals surface area contributed by atoms with Gasteiger partial charge < -0.3 is 20.1 Å². The highest BCUT2D eigenvalue weighted by molar-refractivity contribution is 6.10. The highest BCUT2D eigenvalue weighted by Crippen LogP contribution is 2.04. The molecule has 1 aliphatic heterocycles. The lowest BCUT2D eigenvalue weighted by Crippen LogP contribution is -2.29. The zero-order valence-electron chi connectivity index (χ0n) is 15.9. The van der Waals surface area contributed by atoms with Crippen molar-refractivity contribution >= 4 is 24.4 Å². The maximum atomic E-state index is 12.1. The Labute approximate surface area is 154 Å². The van der Waals surface area contributed by atoms with Crippen LogP contribution in [0, 0.1) is 0 Å². The fraction of sp³-hybridized carbons (Fsp3) is 0.556. The highest BCUT2D eigenvalue weighted by Gasteiger charge is 2.14. The second-order valence-corrected chi connectivity index (χ2v) is 5.44. The molecule has 1 aliphatic rings. The summed E-state index contributed by atoms with van der Waals surface area (Å²) in [7, 11) is 0. The first-order valence-corrected chi connectivity index (χ1v) is 8.74. The van der Waals surface area contributed by atoms with Gasteiger partial charge in [-0.15, -0.1) is 0 Å². The molecule has 0 saturated carbocycles. The molecule has 0 saturated heterocycles. The molecule has 2 N–H and O–H groups in total. The largest absolute Gasteiger partial charge is 0.462 e. The Morgan fingerprint density at radius 2 is 1.27 bits per heavy atom. The van der Waals surface area contributed by atoms with Gasteiger partial charge in [-0.3, -0.25) is 9.98 Å². The number of carbonyl (C=O) groups is 2. The van der Waals surface area contributed by atoms with Gasteiger partial charge in [-0.25, -0.2) is 9.59 Å². The van der Waals surface area contributed by atoms with Crippen LogP contribution in [-0.4, -0.2) is 63.8 Å². The zero-order chi connectivity index (χ0) is 19.4. The molecule has 0 amide bonds. The lowest BCUT2D eigenvalue weighted by molar-refractivity contribution is -0.138. The molecule has 0 atom stereocenters. The number of esters is 2. The van der Waals surface area contributed by atoms with Crippen molar-refractivity contribution in [3.8, 4) is 0 Å². The van der Waals surface area contributed by atoms with E-state index in [2.05, 4.69) is 20.6 Å². The van der Waals surface area contributed by atoms with Crippen molar-refractivity contribution in [3.63, 3.8) is 0 Å². The van der Waals surface area contributed by atoms with Gasteiger partial charge in [0.05, 0.1) is 37.4 Å². The Morgan fingerprint density at radius 1 is 0.885 bits per heavy atom. The summed E-state index contributed by atoms with van der Waals surface area (Å²) >= 11 is 0. The van der Waals surface area contributed by atoms with Gasteiger partial charge in [-0.2, -0.15) is 0 Å². The molecule has 0 unspecified atom stereocenters. The zero-order valence-corrected chi connectivity index (χ0v) is 15.9. The summed E-state index contributed by atoms with van der Waals surface area (Å²) in [6.07, 6.45) is 3.00. The fourth-order valence-electron chi connectivity index (χ4n) is 2.14. The minimum atomic E-state index is -0.412. The van der Waals surface area contributed by atoms with Crippen molar-refractivity contribution in [2.75, 3.05) is 39.4 Å². The Hall–Kier alpha value is -2.64. The van der Waals surface area contributed by atoms with Gasteiger partial charge in [-0.1, -0.05) is 0 Å². The number of nitrogens with one attached hydrogen (secondary N) is 2. The van der Waals surface area contributed by atoms with Crippen LogP contribution in [0.5, 0.6) is 0 Å². The maximum absolute atomic E-state index is 12.1. The van der Waals surface area contributed by atoms with Crippen molar-refractivity contribution < 1.29 is 19.1 Å². The average Bonchev–Trinajstić information content (AvgIpc) is 2.60. The molecular formula is C18H28N4O4. The van der Waals surface area contributed by atoms with Crippen molar-refractivity contribution in [1.82, 2.24) is 10.6 Å². The first-order valence-electron chi connectivity index (χ1n) is 8.74. The van der Waals surface area contributed by atoms with E-state index in [-0.39, 0.29) is 0 Å². The first kappa shape index (κ1) is 21.4. The summed E-state index contributed by atoms with van der Waals surface area (Å²) in [5, 5.41) is 6.34. The van der Waals surface area contributed by atoms with Gasteiger partial charge in [0.1, 0.15) is 0 Å². The monoisotopic (exact) mass is 364 g/mol. The lowest BCUT2D eigenvalue weighted by atomic mass is 10.2. The maximum Gasteiger partial charge on any atom is 0.341 e. The molecule has 8 nitrogen and oxygen atoms in total. The summed E-state index contributed by atoms with van der Waals surface area (Å²) in [6.45, 7) is 9.59. The molecule has 0 aromatic rings. The van der Waals surface area contributed by atoms with Gasteiger partial charge in [0.2, 0.25) is 0 Å². The van der Waals surface area contributed by atoms with E-state index in [0.29, 0.717) is 61.9 Å². The molecule has 1 heterocycles. The normalized spacial score (nSPS) is 22.0. The second-order valence-electron chi connectivity index (χ2n) is 5.44. The summed E-state index contributed by atoms with van der Waals surface area (Å²) < 4.78 is 10.1. The molecule has 0 aromatic carbocycles. The summed E-state index contributed by atoms with van der Waals surface area (Å²) in [6, 6.07) is 0. The van der Waals surface area contributed by atoms with Gasteiger partial charge in [0, 0.05) is 36.9 Å². The Morgan fingerprint density at radius 3 is 1.62 bits per heavy atom. The van der Waals surface area contributed by atoms with Gasteiger partial charge in [-0.05, 0) is 27.7 Å². The van der Waals surface area contributed by atoms with E-state index in [1.807, 2.05) is 0 Å². The molecular weight excluding hydrogens is 336 g/mol. The number of hydrogen-bond donors (Lipinski definition) is 2. The number of allylic oxidation sites excluding steroid dienone is 2. The van der Waals surface area contributed by atoms with E-state index in [4.69, 9.17) is 9.47 Å². The average molecular weight is 364 g/mol. The Kier molecular flexibility index (Phi) is 9.74. The van der Waals surface area contributed by atoms with E-state index in [9.17, 15) is 9.59 Å². The first-order chi connectivity index (χ1) is 12.5. The summed E-state index contributed by atoms with van der Waals surface area (Å²) in [5.41, 5.74) is 2.16. The van der Waals surface area contributed by atoms with Crippen LogP contribution in [0.25, 0.3) is 0 Å². The molecule has 144 valence electrons. The van der Waals surface area contributed by atoms with Crippen molar-refractivity contribution in [3.05, 3.63) is 22.5 Å². The van der Waals surface area contributed by atoms with E-state index >= 15 is 0 Å². The van der Waals surface area contributed by atoms with Crippen LogP contribution >= 0.6 is 0 Å². The van der Waals surface area contributed by atoms with E-state index in [1.165, 1.54) is 12.4 Å².